The van der Waals surface area contributed by atoms with Gasteiger partial charge in [-0.25, -0.2) is 19.6 Å². The highest BCUT2D eigenvalue weighted by Gasteiger charge is 2.31. The van der Waals surface area contributed by atoms with E-state index in [-0.39, 0.29) is 23.9 Å². The van der Waals surface area contributed by atoms with Crippen molar-refractivity contribution >= 4 is 35.2 Å². The van der Waals surface area contributed by atoms with E-state index < -0.39 is 0 Å². The van der Waals surface area contributed by atoms with Gasteiger partial charge in [0.25, 0.3) is 5.91 Å². The van der Waals surface area contributed by atoms with E-state index in [2.05, 4.69) is 14.9 Å². The topological polar surface area (TPSA) is 102 Å². The first-order valence-corrected chi connectivity index (χ1v) is 14.3. The van der Waals surface area contributed by atoms with Crippen molar-refractivity contribution in [1.29, 1.82) is 0 Å². The summed E-state index contributed by atoms with van der Waals surface area (Å²) in [6.45, 7) is 8.36. The van der Waals surface area contributed by atoms with Crippen molar-refractivity contribution in [2.24, 2.45) is 0 Å². The van der Waals surface area contributed by atoms with Crippen LogP contribution in [0.25, 0.3) is 0 Å². The van der Waals surface area contributed by atoms with Gasteiger partial charge in [0.2, 0.25) is 0 Å². The lowest BCUT2D eigenvalue weighted by Gasteiger charge is -2.39. The van der Waals surface area contributed by atoms with Crippen molar-refractivity contribution in [2.45, 2.75) is 25.7 Å². The standard InChI is InChI=1S/C26H35N7O4S/c1-2-37-26(36)33-17-13-30(14-18-33)24(34)21-19-38-23(28-21)20-6-9-31(10-7-20)25(35)32-15-11-29(12-16-32)22-5-3-4-8-27-22/h3-5,8,19-20H,2,6-7,9-18H2,1H3. The first-order chi connectivity index (χ1) is 18.5. The van der Waals surface area contributed by atoms with E-state index in [0.29, 0.717) is 64.7 Å². The molecule has 0 spiro atoms. The van der Waals surface area contributed by atoms with Crippen molar-refractivity contribution in [3.05, 3.63) is 40.5 Å². The molecule has 0 bridgehead atoms. The number of carbonyl (C=O) groups is 3. The van der Waals surface area contributed by atoms with Crippen molar-refractivity contribution in [3.8, 4) is 0 Å². The summed E-state index contributed by atoms with van der Waals surface area (Å²) < 4.78 is 5.05. The summed E-state index contributed by atoms with van der Waals surface area (Å²) >= 11 is 1.53. The van der Waals surface area contributed by atoms with Gasteiger partial charge in [-0.3, -0.25) is 4.79 Å². The quantitative estimate of drug-likeness (QED) is 0.586. The van der Waals surface area contributed by atoms with Crippen molar-refractivity contribution in [1.82, 2.24) is 29.6 Å². The minimum absolute atomic E-state index is 0.0894. The maximum atomic E-state index is 13.1. The third kappa shape index (κ3) is 5.85. The molecule has 3 saturated heterocycles. The van der Waals surface area contributed by atoms with Gasteiger partial charge in [0.15, 0.2) is 0 Å². The highest BCUT2D eigenvalue weighted by Crippen LogP contribution is 2.31. The number of likely N-dealkylation sites (tertiary alicyclic amines) is 1. The zero-order valence-electron chi connectivity index (χ0n) is 21.8. The molecule has 2 aromatic heterocycles. The van der Waals surface area contributed by atoms with Crippen LogP contribution in [0.15, 0.2) is 29.8 Å². The summed E-state index contributed by atoms with van der Waals surface area (Å²) in [5, 5.41) is 2.81. The van der Waals surface area contributed by atoms with Crippen LogP contribution in [0.2, 0.25) is 0 Å². The fraction of sp³-hybridized carbons (Fsp3) is 0.577. The number of amides is 4. The Labute approximate surface area is 227 Å². The molecule has 5 heterocycles. The molecule has 12 heteroatoms. The molecule has 0 unspecified atom stereocenters. The van der Waals surface area contributed by atoms with E-state index in [1.165, 1.54) is 11.3 Å². The fourth-order valence-electron chi connectivity index (χ4n) is 5.23. The van der Waals surface area contributed by atoms with Gasteiger partial charge in [0.1, 0.15) is 11.5 Å². The molecule has 0 radical (unpaired) electrons. The van der Waals surface area contributed by atoms with Gasteiger partial charge in [0.05, 0.1) is 11.6 Å². The van der Waals surface area contributed by atoms with Gasteiger partial charge in [0, 0.05) is 82.9 Å². The number of piperazine rings is 2. The Bertz CT molecular complexity index is 1110. The monoisotopic (exact) mass is 541 g/mol. The molecule has 0 saturated carbocycles. The number of aromatic nitrogens is 2. The average Bonchev–Trinajstić information content (AvgIpc) is 3.48. The predicted octanol–water partition coefficient (Wildman–Crippen LogP) is 2.57. The normalized spacial score (nSPS) is 19.0. The lowest BCUT2D eigenvalue weighted by atomic mass is 9.98. The number of ether oxygens (including phenoxy) is 1. The minimum atomic E-state index is -0.327. The molecule has 38 heavy (non-hydrogen) atoms. The Morgan fingerprint density at radius 1 is 0.895 bits per heavy atom. The first kappa shape index (κ1) is 26.2. The first-order valence-electron chi connectivity index (χ1n) is 13.4. The van der Waals surface area contributed by atoms with E-state index in [1.54, 1.807) is 22.9 Å². The van der Waals surface area contributed by atoms with E-state index in [0.717, 1.165) is 36.8 Å². The van der Waals surface area contributed by atoms with Crippen molar-refractivity contribution in [3.63, 3.8) is 0 Å². The molecule has 0 aliphatic carbocycles. The summed E-state index contributed by atoms with van der Waals surface area (Å²) in [6.07, 6.45) is 3.16. The molecule has 5 rings (SSSR count). The molecule has 2 aromatic rings. The van der Waals surface area contributed by atoms with Gasteiger partial charge in [-0.15, -0.1) is 11.3 Å². The van der Waals surface area contributed by atoms with Crippen LogP contribution >= 0.6 is 11.3 Å². The second-order valence-corrected chi connectivity index (χ2v) is 10.6. The molecule has 0 atom stereocenters. The molecular weight excluding hydrogens is 506 g/mol. The molecule has 3 aliphatic rings. The lowest BCUT2D eigenvalue weighted by Crippen LogP contribution is -2.54. The molecule has 4 amide bonds. The Balaban J connectivity index is 1.07. The van der Waals surface area contributed by atoms with Crippen LogP contribution in [0.5, 0.6) is 0 Å². The average molecular weight is 542 g/mol. The molecular formula is C26H35N7O4S. The van der Waals surface area contributed by atoms with E-state index in [9.17, 15) is 14.4 Å². The molecule has 204 valence electrons. The summed E-state index contributed by atoms with van der Waals surface area (Å²) in [6, 6.07) is 6.01. The number of urea groups is 1. The Morgan fingerprint density at radius 2 is 1.55 bits per heavy atom. The van der Waals surface area contributed by atoms with Gasteiger partial charge in [-0.1, -0.05) is 6.07 Å². The second-order valence-electron chi connectivity index (χ2n) is 9.76. The van der Waals surface area contributed by atoms with Crippen LogP contribution in [0, 0.1) is 0 Å². The van der Waals surface area contributed by atoms with Crippen molar-refractivity contribution < 1.29 is 19.1 Å². The molecule has 0 aromatic carbocycles. The number of hydrogen-bond donors (Lipinski definition) is 0. The van der Waals surface area contributed by atoms with Crippen molar-refractivity contribution in [2.75, 3.05) is 77.0 Å². The molecule has 3 fully saturated rings. The molecule has 3 aliphatic heterocycles. The number of pyridine rings is 1. The van der Waals surface area contributed by atoms with Crippen LogP contribution < -0.4 is 4.90 Å². The highest BCUT2D eigenvalue weighted by atomic mass is 32.1. The maximum Gasteiger partial charge on any atom is 0.409 e. The number of anilines is 1. The lowest BCUT2D eigenvalue weighted by molar-refractivity contribution is 0.0566. The third-order valence-electron chi connectivity index (χ3n) is 7.47. The van der Waals surface area contributed by atoms with Crippen LogP contribution in [0.1, 0.15) is 41.2 Å². The van der Waals surface area contributed by atoms with Crippen LogP contribution in [-0.2, 0) is 4.74 Å². The van der Waals surface area contributed by atoms with Crippen LogP contribution in [-0.4, -0.2) is 120 Å². The van der Waals surface area contributed by atoms with Gasteiger partial charge in [-0.2, -0.15) is 0 Å². The molecule has 11 nitrogen and oxygen atoms in total. The number of nitrogens with zero attached hydrogens (tertiary/aromatic N) is 7. The van der Waals surface area contributed by atoms with Crippen LogP contribution in [0.3, 0.4) is 0 Å². The van der Waals surface area contributed by atoms with Gasteiger partial charge >= 0.3 is 12.1 Å². The van der Waals surface area contributed by atoms with E-state index in [1.807, 2.05) is 33.4 Å². The predicted molar refractivity (Wildman–Crippen MR) is 144 cm³/mol. The largest absolute Gasteiger partial charge is 0.450 e. The summed E-state index contributed by atoms with van der Waals surface area (Å²) in [5.41, 5.74) is 0.471. The van der Waals surface area contributed by atoms with E-state index >= 15 is 0 Å². The number of rotatable bonds is 4. The zero-order valence-corrected chi connectivity index (χ0v) is 22.6. The van der Waals surface area contributed by atoms with Crippen LogP contribution in [0.4, 0.5) is 15.4 Å². The summed E-state index contributed by atoms with van der Waals surface area (Å²) in [7, 11) is 0. The zero-order chi connectivity index (χ0) is 26.5. The van der Waals surface area contributed by atoms with Gasteiger partial charge < -0.3 is 29.2 Å². The smallest absolute Gasteiger partial charge is 0.409 e. The van der Waals surface area contributed by atoms with Gasteiger partial charge in [-0.05, 0) is 31.9 Å². The number of thiazole rings is 1. The summed E-state index contributed by atoms with van der Waals surface area (Å²) in [5.74, 6) is 1.13. The highest BCUT2D eigenvalue weighted by molar-refractivity contribution is 7.09. The van der Waals surface area contributed by atoms with E-state index in [4.69, 9.17) is 4.74 Å². The fourth-order valence-corrected chi connectivity index (χ4v) is 6.19. The SMILES string of the molecule is CCOC(=O)N1CCN(C(=O)c2csc(C3CCN(C(=O)N4CCN(c5ccccn5)CC4)CC3)n2)CC1. The maximum absolute atomic E-state index is 13.1. The Hall–Kier alpha value is -3.41. The number of carbonyl (C=O) groups excluding carboxylic acids is 3. The number of piperidine rings is 1. The number of hydrogen-bond acceptors (Lipinski definition) is 8. The summed E-state index contributed by atoms with van der Waals surface area (Å²) in [4.78, 5) is 56.6. The Kier molecular flexibility index (Phi) is 8.26. The second kappa shape index (κ2) is 12.0. The minimum Gasteiger partial charge on any atom is -0.450 e. The third-order valence-corrected chi connectivity index (χ3v) is 8.48. The molecule has 0 N–H and O–H groups in total. The Morgan fingerprint density at radius 3 is 2.21 bits per heavy atom.